The average molecular weight is 241 g/mol. The predicted molar refractivity (Wildman–Crippen MR) is 64.6 cm³/mol. The third-order valence-electron chi connectivity index (χ3n) is 4.28. The van der Waals surface area contributed by atoms with E-state index in [0.717, 1.165) is 31.4 Å². The van der Waals surface area contributed by atoms with E-state index in [1.807, 2.05) is 0 Å². The molecule has 2 aliphatic heterocycles. The monoisotopic (exact) mass is 241 g/mol. The van der Waals surface area contributed by atoms with Crippen LogP contribution >= 0.6 is 12.6 Å². The molecular weight excluding hydrogens is 222 g/mol. The van der Waals surface area contributed by atoms with Crippen LogP contribution in [0.25, 0.3) is 0 Å². The lowest BCUT2D eigenvalue weighted by molar-refractivity contribution is -0.123. The van der Waals surface area contributed by atoms with E-state index >= 15 is 0 Å². The molecule has 1 aliphatic carbocycles. The summed E-state index contributed by atoms with van der Waals surface area (Å²) in [6.45, 7) is 0. The van der Waals surface area contributed by atoms with E-state index < -0.39 is 0 Å². The number of hydrogen-bond acceptors (Lipinski definition) is 3. The van der Waals surface area contributed by atoms with Crippen molar-refractivity contribution in [3.63, 3.8) is 0 Å². The Balaban J connectivity index is 1.50. The third kappa shape index (κ3) is 1.97. The van der Waals surface area contributed by atoms with Crippen molar-refractivity contribution in [3.8, 4) is 0 Å². The minimum atomic E-state index is 0.202. The number of ether oxygens (including phenoxy) is 1. The Morgan fingerprint density at radius 2 is 2.25 bits per heavy atom. The highest BCUT2D eigenvalue weighted by molar-refractivity contribution is 7.80. The number of carbonyl (C=O) groups is 1. The summed E-state index contributed by atoms with van der Waals surface area (Å²) in [6, 6.07) is 0.280. The van der Waals surface area contributed by atoms with Gasteiger partial charge < -0.3 is 10.1 Å². The molecule has 90 valence electrons. The van der Waals surface area contributed by atoms with Crippen LogP contribution in [0.2, 0.25) is 0 Å². The molecule has 2 saturated heterocycles. The molecule has 0 spiro atoms. The van der Waals surface area contributed by atoms with E-state index in [2.05, 4.69) is 17.9 Å². The van der Waals surface area contributed by atoms with Crippen molar-refractivity contribution in [1.82, 2.24) is 5.32 Å². The van der Waals surface area contributed by atoms with Crippen LogP contribution in [0.5, 0.6) is 0 Å². The second-order valence-corrected chi connectivity index (χ2v) is 5.93. The zero-order valence-electron chi connectivity index (χ0n) is 9.45. The highest BCUT2D eigenvalue weighted by atomic mass is 32.1. The molecular formula is C12H19NO2S. The Hall–Kier alpha value is -0.220. The second-order valence-electron chi connectivity index (χ2n) is 5.62. The fourth-order valence-corrected chi connectivity index (χ4v) is 3.38. The molecule has 3 nitrogen and oxygen atoms in total. The van der Waals surface area contributed by atoms with Gasteiger partial charge >= 0.3 is 0 Å². The number of thiol groups is 1. The van der Waals surface area contributed by atoms with Crippen LogP contribution in [0.3, 0.4) is 0 Å². The third-order valence-corrected chi connectivity index (χ3v) is 4.95. The molecule has 1 N–H and O–H groups in total. The Kier molecular flexibility index (Phi) is 2.67. The van der Waals surface area contributed by atoms with Gasteiger partial charge in [-0.25, -0.2) is 0 Å². The number of hydrogen-bond donors (Lipinski definition) is 2. The number of carbonyl (C=O) groups excluding carboxylic acids is 1. The minimum Gasteiger partial charge on any atom is -0.373 e. The first-order valence-electron chi connectivity index (χ1n) is 6.26. The minimum absolute atomic E-state index is 0.202. The van der Waals surface area contributed by atoms with Gasteiger partial charge in [0, 0.05) is 6.42 Å². The Labute approximate surface area is 102 Å². The molecule has 0 aromatic rings. The standard InChI is InChI=1S/C12H19NO2S/c14-11(6-12(7-16)3-4-12)13-9-5-8-1-2-10(9)15-8/h8-10,16H,1-7H2,(H,13,14). The molecule has 1 amide bonds. The van der Waals surface area contributed by atoms with Crippen molar-refractivity contribution in [1.29, 1.82) is 0 Å². The van der Waals surface area contributed by atoms with Gasteiger partial charge in [-0.05, 0) is 43.3 Å². The Morgan fingerprint density at radius 3 is 2.75 bits per heavy atom. The summed E-state index contributed by atoms with van der Waals surface area (Å²) >= 11 is 4.33. The number of fused-ring (bicyclic) bond motifs is 2. The van der Waals surface area contributed by atoms with E-state index in [1.54, 1.807) is 0 Å². The van der Waals surface area contributed by atoms with Gasteiger partial charge in [-0.15, -0.1) is 0 Å². The maximum atomic E-state index is 11.9. The fraction of sp³-hybridized carbons (Fsp3) is 0.917. The summed E-state index contributed by atoms with van der Waals surface area (Å²) < 4.78 is 5.73. The van der Waals surface area contributed by atoms with Crippen LogP contribution in [-0.2, 0) is 9.53 Å². The van der Waals surface area contributed by atoms with Crippen molar-refractivity contribution in [2.75, 3.05) is 5.75 Å². The van der Waals surface area contributed by atoms with Crippen LogP contribution in [-0.4, -0.2) is 29.9 Å². The van der Waals surface area contributed by atoms with Crippen LogP contribution in [0.4, 0.5) is 0 Å². The molecule has 16 heavy (non-hydrogen) atoms. The SMILES string of the molecule is O=C(CC1(CS)CC1)NC1CC2CCC1O2. The molecule has 0 aromatic heterocycles. The van der Waals surface area contributed by atoms with Gasteiger partial charge in [0.2, 0.25) is 5.91 Å². The second kappa shape index (κ2) is 3.91. The summed E-state index contributed by atoms with van der Waals surface area (Å²) in [6.07, 6.45) is 7.00. The Morgan fingerprint density at radius 1 is 1.44 bits per heavy atom. The summed E-state index contributed by atoms with van der Waals surface area (Å²) in [7, 11) is 0. The van der Waals surface area contributed by atoms with Gasteiger partial charge in [-0.3, -0.25) is 4.79 Å². The van der Waals surface area contributed by atoms with Crippen molar-refractivity contribution >= 4 is 18.5 Å². The van der Waals surface area contributed by atoms with Gasteiger partial charge in [-0.2, -0.15) is 12.6 Å². The fourth-order valence-electron chi connectivity index (χ4n) is 2.96. The maximum Gasteiger partial charge on any atom is 0.220 e. The van der Waals surface area contributed by atoms with Crippen molar-refractivity contribution in [3.05, 3.63) is 0 Å². The molecule has 0 radical (unpaired) electrons. The highest BCUT2D eigenvalue weighted by Crippen LogP contribution is 2.49. The first-order valence-corrected chi connectivity index (χ1v) is 6.90. The molecule has 3 fully saturated rings. The van der Waals surface area contributed by atoms with Gasteiger partial charge in [0.25, 0.3) is 0 Å². The van der Waals surface area contributed by atoms with E-state index in [9.17, 15) is 4.79 Å². The predicted octanol–water partition coefficient (Wildman–Crippen LogP) is 1.52. The van der Waals surface area contributed by atoms with E-state index in [1.165, 1.54) is 6.42 Å². The van der Waals surface area contributed by atoms with E-state index in [-0.39, 0.29) is 17.4 Å². The smallest absolute Gasteiger partial charge is 0.220 e. The van der Waals surface area contributed by atoms with Gasteiger partial charge in [-0.1, -0.05) is 0 Å². The van der Waals surface area contributed by atoms with Crippen molar-refractivity contribution in [2.45, 2.75) is 56.8 Å². The first-order chi connectivity index (χ1) is 7.71. The topological polar surface area (TPSA) is 38.3 Å². The first kappa shape index (κ1) is 10.9. The zero-order chi connectivity index (χ0) is 11.2. The van der Waals surface area contributed by atoms with Crippen LogP contribution in [0.1, 0.15) is 38.5 Å². The van der Waals surface area contributed by atoms with Crippen LogP contribution in [0, 0.1) is 5.41 Å². The molecule has 3 aliphatic rings. The number of rotatable bonds is 4. The van der Waals surface area contributed by atoms with Gasteiger partial charge in [0.1, 0.15) is 0 Å². The molecule has 2 bridgehead atoms. The van der Waals surface area contributed by atoms with E-state index in [0.29, 0.717) is 18.6 Å². The van der Waals surface area contributed by atoms with Crippen molar-refractivity contribution < 1.29 is 9.53 Å². The molecule has 0 aromatic carbocycles. The van der Waals surface area contributed by atoms with Crippen LogP contribution < -0.4 is 5.32 Å². The average Bonchev–Trinajstić information content (AvgIpc) is 2.72. The quantitative estimate of drug-likeness (QED) is 0.732. The lowest BCUT2D eigenvalue weighted by atomic mass is 9.95. The summed E-state index contributed by atoms with van der Waals surface area (Å²) in [5.74, 6) is 1.04. The molecule has 1 saturated carbocycles. The van der Waals surface area contributed by atoms with Crippen molar-refractivity contribution in [2.24, 2.45) is 5.41 Å². The van der Waals surface area contributed by atoms with Gasteiger partial charge in [0.15, 0.2) is 0 Å². The number of amides is 1. The molecule has 3 unspecified atom stereocenters. The maximum absolute atomic E-state index is 11.9. The summed E-state index contributed by atoms with van der Waals surface area (Å²) in [5, 5.41) is 3.14. The largest absolute Gasteiger partial charge is 0.373 e. The summed E-state index contributed by atoms with van der Waals surface area (Å²) in [5.41, 5.74) is 0.228. The lowest BCUT2D eigenvalue weighted by Crippen LogP contribution is -2.42. The normalized spacial score (nSPS) is 38.7. The summed E-state index contributed by atoms with van der Waals surface area (Å²) in [4.78, 5) is 11.9. The molecule has 3 rings (SSSR count). The molecule has 3 atom stereocenters. The zero-order valence-corrected chi connectivity index (χ0v) is 10.3. The van der Waals surface area contributed by atoms with Crippen LogP contribution in [0.15, 0.2) is 0 Å². The van der Waals surface area contributed by atoms with E-state index in [4.69, 9.17) is 4.74 Å². The highest BCUT2D eigenvalue weighted by Gasteiger charge is 2.45. The molecule has 2 heterocycles. The number of nitrogens with one attached hydrogen (secondary N) is 1. The van der Waals surface area contributed by atoms with Gasteiger partial charge in [0.05, 0.1) is 18.2 Å². The lowest BCUT2D eigenvalue weighted by Gasteiger charge is -2.21. The molecule has 4 heteroatoms. The Bertz CT molecular complexity index is 303.